The van der Waals surface area contributed by atoms with Gasteiger partial charge in [0.2, 0.25) is 5.91 Å². The van der Waals surface area contributed by atoms with E-state index < -0.39 is 56.1 Å². The summed E-state index contributed by atoms with van der Waals surface area (Å²) in [5.74, 6) is -2.85. The molecule has 0 saturated heterocycles. The summed E-state index contributed by atoms with van der Waals surface area (Å²) in [6, 6.07) is 6.49. The molecule has 0 spiro atoms. The summed E-state index contributed by atoms with van der Waals surface area (Å²) in [4.78, 5) is 51.3. The summed E-state index contributed by atoms with van der Waals surface area (Å²) in [5.41, 5.74) is 2.80. The van der Waals surface area contributed by atoms with Crippen LogP contribution in [0.5, 0.6) is 0 Å². The highest BCUT2D eigenvalue weighted by Gasteiger charge is 2.33. The number of aliphatic carboxylic acids is 1. The third-order valence-corrected chi connectivity index (χ3v) is 7.09. The average molecular weight is 565 g/mol. The Morgan fingerprint density at radius 1 is 0.829 bits per heavy atom. The second-order valence-electron chi connectivity index (χ2n) is 10.8. The summed E-state index contributed by atoms with van der Waals surface area (Å²) in [6.07, 6.45) is 0.0786. The minimum Gasteiger partial charge on any atom is -0.481 e. The van der Waals surface area contributed by atoms with Gasteiger partial charge >= 0.3 is 20.2 Å². The highest BCUT2D eigenvalue weighted by atomic mass is 16.5. The molecule has 2 heterocycles. The molecule has 14 heteroatoms. The maximum atomic E-state index is 13.5. The first-order chi connectivity index (χ1) is 19.4. The van der Waals surface area contributed by atoms with E-state index in [1.807, 2.05) is 13.8 Å². The maximum absolute atomic E-state index is 13.5. The van der Waals surface area contributed by atoms with Gasteiger partial charge in [-0.1, -0.05) is 26.0 Å². The van der Waals surface area contributed by atoms with Crippen molar-refractivity contribution < 1.29 is 43.6 Å². The van der Waals surface area contributed by atoms with Crippen LogP contribution in [0.1, 0.15) is 65.5 Å². The number of carboxylic acid groups (broad SMARTS) is 1. The van der Waals surface area contributed by atoms with E-state index in [0.717, 1.165) is 11.1 Å². The molecule has 3 amide bonds. The van der Waals surface area contributed by atoms with Gasteiger partial charge in [-0.25, -0.2) is 0 Å². The molecule has 0 fully saturated rings. The van der Waals surface area contributed by atoms with Crippen molar-refractivity contribution in [1.82, 2.24) is 16.0 Å². The predicted octanol–water partition coefficient (Wildman–Crippen LogP) is -0.955. The number of fused-ring (bicyclic) bond motifs is 2. The van der Waals surface area contributed by atoms with Crippen LogP contribution in [-0.4, -0.2) is 71.2 Å². The number of carbonyl (C=O) groups is 4. The van der Waals surface area contributed by atoms with Crippen LogP contribution in [0, 0.1) is 5.92 Å². The lowest BCUT2D eigenvalue weighted by atomic mass is 9.78. The van der Waals surface area contributed by atoms with Crippen molar-refractivity contribution in [3.05, 3.63) is 58.7 Å². The molecule has 0 saturated carbocycles. The fourth-order valence-corrected chi connectivity index (χ4v) is 4.99. The Hall–Kier alpha value is -3.71. The highest BCUT2D eigenvalue weighted by Crippen LogP contribution is 2.14. The Balaban J connectivity index is 1.55. The minimum atomic E-state index is -1.28. The number of carboxylic acids is 1. The van der Waals surface area contributed by atoms with Gasteiger partial charge in [0.15, 0.2) is 0 Å². The van der Waals surface area contributed by atoms with Crippen molar-refractivity contribution >= 4 is 48.9 Å². The lowest BCUT2D eigenvalue weighted by Gasteiger charge is -2.28. The highest BCUT2D eigenvalue weighted by molar-refractivity contribution is 6.62. The average Bonchev–Trinajstić information content (AvgIpc) is 3.47. The summed E-state index contributed by atoms with van der Waals surface area (Å²) in [5, 5.41) is 37.5. The number of benzene rings is 2. The molecular formula is C27H33B2N3O9. The molecule has 0 radical (unpaired) electrons. The number of hydrogen-bond donors (Lipinski definition) is 6. The molecule has 0 aromatic heterocycles. The van der Waals surface area contributed by atoms with Crippen LogP contribution in [0.2, 0.25) is 0 Å². The van der Waals surface area contributed by atoms with E-state index in [0.29, 0.717) is 17.3 Å². The fourth-order valence-electron chi connectivity index (χ4n) is 4.99. The van der Waals surface area contributed by atoms with Crippen LogP contribution in [0.3, 0.4) is 0 Å². The SMILES string of the molecule is CC(C)C[C@@H](CC(=O)O)NC(=O)[C@@H](NC(=O)c1ccc2c(c1)B(O)OC2)[C@H](C)NC(=O)c1ccc2c(c1)B(O)OC2. The number of rotatable bonds is 11. The number of hydrogen-bond acceptors (Lipinski definition) is 8. The van der Waals surface area contributed by atoms with E-state index in [4.69, 9.17) is 9.31 Å². The summed E-state index contributed by atoms with van der Waals surface area (Å²) in [6.45, 7) is 5.77. The molecule has 0 aliphatic carbocycles. The van der Waals surface area contributed by atoms with Gasteiger partial charge in [-0.2, -0.15) is 0 Å². The second kappa shape index (κ2) is 12.9. The Morgan fingerprint density at radius 3 is 1.83 bits per heavy atom. The number of amides is 3. The Labute approximate surface area is 238 Å². The molecule has 4 rings (SSSR count). The van der Waals surface area contributed by atoms with Gasteiger partial charge in [0.1, 0.15) is 6.04 Å². The van der Waals surface area contributed by atoms with Crippen LogP contribution in [0.15, 0.2) is 36.4 Å². The first-order valence-corrected chi connectivity index (χ1v) is 13.4. The lowest BCUT2D eigenvalue weighted by molar-refractivity contribution is -0.137. The van der Waals surface area contributed by atoms with Gasteiger partial charge < -0.3 is 40.4 Å². The Kier molecular flexibility index (Phi) is 9.49. The van der Waals surface area contributed by atoms with Gasteiger partial charge in [0.25, 0.3) is 11.8 Å². The molecule has 12 nitrogen and oxygen atoms in total. The second-order valence-corrected chi connectivity index (χ2v) is 10.8. The van der Waals surface area contributed by atoms with E-state index in [9.17, 15) is 34.3 Å². The van der Waals surface area contributed by atoms with Crippen molar-refractivity contribution in [3.63, 3.8) is 0 Å². The van der Waals surface area contributed by atoms with E-state index >= 15 is 0 Å². The Bertz CT molecular complexity index is 1340. The van der Waals surface area contributed by atoms with Gasteiger partial charge in [0.05, 0.1) is 25.7 Å². The normalized spacial score (nSPS) is 16.0. The van der Waals surface area contributed by atoms with Crippen LogP contribution >= 0.6 is 0 Å². The molecule has 216 valence electrons. The first-order valence-electron chi connectivity index (χ1n) is 13.4. The van der Waals surface area contributed by atoms with Crippen molar-refractivity contribution in [2.45, 2.75) is 65.0 Å². The van der Waals surface area contributed by atoms with Crippen LogP contribution in [0.4, 0.5) is 0 Å². The smallest absolute Gasteiger partial charge is 0.481 e. The topological polar surface area (TPSA) is 184 Å². The largest absolute Gasteiger partial charge is 0.491 e. The van der Waals surface area contributed by atoms with Crippen molar-refractivity contribution in [2.75, 3.05) is 0 Å². The molecule has 2 aliphatic rings. The Morgan fingerprint density at radius 2 is 1.34 bits per heavy atom. The van der Waals surface area contributed by atoms with Crippen LogP contribution in [-0.2, 0) is 32.1 Å². The third-order valence-electron chi connectivity index (χ3n) is 7.09. The molecule has 2 aromatic rings. The van der Waals surface area contributed by atoms with Crippen molar-refractivity contribution in [3.8, 4) is 0 Å². The van der Waals surface area contributed by atoms with E-state index in [1.165, 1.54) is 18.2 Å². The molecule has 41 heavy (non-hydrogen) atoms. The molecule has 2 aliphatic heterocycles. The van der Waals surface area contributed by atoms with Crippen molar-refractivity contribution in [2.24, 2.45) is 5.92 Å². The lowest BCUT2D eigenvalue weighted by Crippen LogP contribution is -2.59. The van der Waals surface area contributed by atoms with E-state index in [1.54, 1.807) is 25.1 Å². The number of carbonyl (C=O) groups excluding carboxylic acids is 3. The molecule has 3 atom stereocenters. The van der Waals surface area contributed by atoms with E-state index in [2.05, 4.69) is 16.0 Å². The van der Waals surface area contributed by atoms with Gasteiger partial charge in [0, 0.05) is 17.2 Å². The summed E-state index contributed by atoms with van der Waals surface area (Å²) >= 11 is 0. The van der Waals surface area contributed by atoms with Gasteiger partial charge in [-0.15, -0.1) is 0 Å². The molecular weight excluding hydrogens is 532 g/mol. The summed E-state index contributed by atoms with van der Waals surface area (Å²) < 4.78 is 10.4. The molecule has 0 unspecified atom stereocenters. The molecule has 6 N–H and O–H groups in total. The zero-order valence-electron chi connectivity index (χ0n) is 23.0. The first kappa shape index (κ1) is 30.3. The van der Waals surface area contributed by atoms with Crippen LogP contribution in [0.25, 0.3) is 0 Å². The zero-order chi connectivity index (χ0) is 29.8. The zero-order valence-corrected chi connectivity index (χ0v) is 23.0. The third kappa shape index (κ3) is 7.33. The molecule has 0 bridgehead atoms. The monoisotopic (exact) mass is 565 g/mol. The predicted molar refractivity (Wildman–Crippen MR) is 149 cm³/mol. The molecule has 2 aromatic carbocycles. The van der Waals surface area contributed by atoms with Gasteiger partial charge in [-0.05, 0) is 65.6 Å². The minimum absolute atomic E-state index is 0.0871. The number of nitrogens with one attached hydrogen (secondary N) is 3. The maximum Gasteiger partial charge on any atom is 0.491 e. The van der Waals surface area contributed by atoms with E-state index in [-0.39, 0.29) is 36.7 Å². The summed E-state index contributed by atoms with van der Waals surface area (Å²) in [7, 11) is -2.31. The quantitative estimate of drug-likeness (QED) is 0.187. The fraction of sp³-hybridized carbons (Fsp3) is 0.407. The standard InChI is InChI=1S/C27H33B2N3O9/c1-14(2)8-20(11-23(33)34)31-27(37)24(32-26(36)17-5-7-19-13-41-29(39)22(19)10-17)15(3)30-25(35)16-4-6-18-12-40-28(38)21(18)9-16/h4-7,9-10,14-15,20,24,38-39H,8,11-13H2,1-3H3,(H,30,35)(H,31,37)(H,32,36)(H,33,34)/t15-,20-,24-/m0/s1. The van der Waals surface area contributed by atoms with Gasteiger partial charge in [-0.3, -0.25) is 19.2 Å². The van der Waals surface area contributed by atoms with Crippen molar-refractivity contribution in [1.29, 1.82) is 0 Å². The van der Waals surface area contributed by atoms with Crippen LogP contribution < -0.4 is 26.9 Å².